The third-order valence-corrected chi connectivity index (χ3v) is 6.70. The molecule has 0 fully saturated rings. The number of phenolic OH excluding ortho intramolecular Hbond substituents is 1. The summed E-state index contributed by atoms with van der Waals surface area (Å²) in [5.74, 6) is -0.887. The first-order chi connectivity index (χ1) is 16.8. The average molecular weight is 692 g/mol. The zero-order valence-electron chi connectivity index (χ0n) is 18.0. The number of benzene rings is 4. The van der Waals surface area contributed by atoms with E-state index < -0.39 is 11.9 Å². The topological polar surface area (TPSA) is 108 Å². The van der Waals surface area contributed by atoms with Gasteiger partial charge in [0.25, 0.3) is 5.91 Å². The van der Waals surface area contributed by atoms with Crippen molar-refractivity contribution in [2.75, 3.05) is 0 Å². The largest absolute Gasteiger partial charge is 0.507 e. The van der Waals surface area contributed by atoms with Crippen LogP contribution in [0.4, 0.5) is 0 Å². The van der Waals surface area contributed by atoms with Crippen molar-refractivity contribution in [3.8, 4) is 11.5 Å². The highest BCUT2D eigenvalue weighted by Crippen LogP contribution is 2.29. The van der Waals surface area contributed by atoms with Gasteiger partial charge in [0, 0.05) is 0 Å². The van der Waals surface area contributed by atoms with E-state index in [1.165, 1.54) is 6.21 Å². The minimum Gasteiger partial charge on any atom is -0.507 e. The lowest BCUT2D eigenvalue weighted by molar-refractivity contribution is 0.0696. The number of amides is 1. The van der Waals surface area contributed by atoms with E-state index in [0.29, 0.717) is 12.4 Å². The molecule has 35 heavy (non-hydrogen) atoms. The quantitative estimate of drug-likeness (QED) is 0.129. The Morgan fingerprint density at radius 1 is 0.943 bits per heavy atom. The number of hydrogen-bond acceptors (Lipinski definition) is 5. The highest BCUT2D eigenvalue weighted by Gasteiger charge is 2.13. The first kappa shape index (κ1) is 24.9. The Bertz CT molecular complexity index is 1430. The summed E-state index contributed by atoms with van der Waals surface area (Å²) in [5.41, 5.74) is 4.45. The number of halogens is 2. The number of ether oxygens (including phenoxy) is 1. The number of carbonyl (C=O) groups excluding carboxylic acids is 1. The second-order valence-electron chi connectivity index (χ2n) is 7.52. The zero-order chi connectivity index (χ0) is 24.9. The molecule has 0 aliphatic heterocycles. The molecule has 0 saturated carbocycles. The number of carbonyl (C=O) groups is 2. The molecule has 0 radical (unpaired) electrons. The van der Waals surface area contributed by atoms with Gasteiger partial charge in [-0.25, -0.2) is 10.2 Å². The zero-order valence-corrected chi connectivity index (χ0v) is 22.3. The maximum atomic E-state index is 12.5. The van der Waals surface area contributed by atoms with Gasteiger partial charge in [-0.1, -0.05) is 36.4 Å². The molecule has 0 spiro atoms. The van der Waals surface area contributed by atoms with Crippen LogP contribution in [0.5, 0.6) is 11.5 Å². The van der Waals surface area contributed by atoms with Crippen molar-refractivity contribution in [2.24, 2.45) is 5.10 Å². The van der Waals surface area contributed by atoms with E-state index >= 15 is 0 Å². The van der Waals surface area contributed by atoms with E-state index in [1.54, 1.807) is 36.4 Å². The van der Waals surface area contributed by atoms with Crippen molar-refractivity contribution in [3.05, 3.63) is 102 Å². The summed E-state index contributed by atoms with van der Waals surface area (Å²) in [4.78, 5) is 23.5. The molecule has 0 bridgehead atoms. The van der Waals surface area contributed by atoms with E-state index in [-0.39, 0.29) is 16.9 Å². The Hall–Kier alpha value is -3.19. The SMILES string of the molecule is O=C(O)c1ccc(COc2c(I)cc(C=NNC(=O)c3cc4ccccc4cc3O)cc2I)cc1. The van der Waals surface area contributed by atoms with Crippen LogP contribution in [0.3, 0.4) is 0 Å². The number of carboxylic acid groups (broad SMARTS) is 1. The second-order valence-corrected chi connectivity index (χ2v) is 9.84. The molecule has 0 heterocycles. The number of rotatable bonds is 7. The number of fused-ring (bicyclic) bond motifs is 1. The highest BCUT2D eigenvalue weighted by molar-refractivity contribution is 14.1. The number of hydrogen-bond donors (Lipinski definition) is 3. The van der Waals surface area contributed by atoms with Crippen LogP contribution in [-0.4, -0.2) is 28.3 Å². The van der Waals surface area contributed by atoms with Gasteiger partial charge < -0.3 is 14.9 Å². The molecule has 3 N–H and O–H groups in total. The van der Waals surface area contributed by atoms with Crippen LogP contribution in [0.25, 0.3) is 10.8 Å². The van der Waals surface area contributed by atoms with Gasteiger partial charge in [-0.2, -0.15) is 5.10 Å². The highest BCUT2D eigenvalue weighted by atomic mass is 127. The van der Waals surface area contributed by atoms with E-state index in [2.05, 4.69) is 55.7 Å². The summed E-state index contributed by atoms with van der Waals surface area (Å²) < 4.78 is 7.67. The van der Waals surface area contributed by atoms with E-state index in [1.807, 2.05) is 36.4 Å². The monoisotopic (exact) mass is 692 g/mol. The van der Waals surface area contributed by atoms with Gasteiger partial charge in [0.15, 0.2) is 0 Å². The minimum absolute atomic E-state index is 0.111. The van der Waals surface area contributed by atoms with Crippen molar-refractivity contribution < 1.29 is 24.5 Å². The molecule has 4 rings (SSSR count). The van der Waals surface area contributed by atoms with Crippen LogP contribution in [0.1, 0.15) is 31.8 Å². The Kier molecular flexibility index (Phi) is 7.86. The van der Waals surface area contributed by atoms with Gasteiger partial charge in [-0.15, -0.1) is 0 Å². The fraction of sp³-hybridized carbons (Fsp3) is 0.0385. The van der Waals surface area contributed by atoms with Crippen LogP contribution in [0, 0.1) is 7.14 Å². The summed E-state index contributed by atoms with van der Waals surface area (Å²) in [6.07, 6.45) is 1.52. The molecule has 1 amide bonds. The van der Waals surface area contributed by atoms with Crippen molar-refractivity contribution in [1.29, 1.82) is 0 Å². The van der Waals surface area contributed by atoms with Crippen LogP contribution >= 0.6 is 45.2 Å². The van der Waals surface area contributed by atoms with Gasteiger partial charge in [0.1, 0.15) is 18.1 Å². The Labute approximate surface area is 228 Å². The lowest BCUT2D eigenvalue weighted by Gasteiger charge is -2.11. The fourth-order valence-electron chi connectivity index (χ4n) is 3.33. The average Bonchev–Trinajstić information content (AvgIpc) is 2.83. The summed E-state index contributed by atoms with van der Waals surface area (Å²) in [7, 11) is 0. The number of phenols is 1. The van der Waals surface area contributed by atoms with Crippen molar-refractivity contribution in [1.82, 2.24) is 5.43 Å². The molecule has 4 aromatic rings. The number of hydrazone groups is 1. The molecule has 7 nitrogen and oxygen atoms in total. The Balaban J connectivity index is 1.42. The van der Waals surface area contributed by atoms with Gasteiger partial charge in [-0.3, -0.25) is 4.79 Å². The van der Waals surface area contributed by atoms with Crippen LogP contribution in [-0.2, 0) is 6.61 Å². The predicted molar refractivity (Wildman–Crippen MR) is 150 cm³/mol. The molecule has 0 saturated heterocycles. The standard InChI is InChI=1S/C26H18I2N2O5/c27-21-9-16(10-22(28)24(21)35-14-15-5-7-17(8-6-15)26(33)34)13-29-30-25(32)20-11-18-3-1-2-4-19(18)12-23(20)31/h1-13,31H,14H2,(H,30,32)(H,33,34). The fourth-order valence-corrected chi connectivity index (χ4v) is 5.45. The lowest BCUT2D eigenvalue weighted by atomic mass is 10.1. The third-order valence-electron chi connectivity index (χ3n) is 5.09. The van der Waals surface area contributed by atoms with Gasteiger partial charge in [0.05, 0.1) is 24.5 Å². The minimum atomic E-state index is -0.968. The number of aromatic hydroxyl groups is 1. The molecule has 0 atom stereocenters. The second kappa shape index (κ2) is 11.0. The number of aromatic carboxylic acids is 1. The molecule has 176 valence electrons. The first-order valence-corrected chi connectivity index (χ1v) is 12.5. The molecule has 0 aliphatic carbocycles. The van der Waals surface area contributed by atoms with Crippen LogP contribution in [0.15, 0.2) is 77.9 Å². The Morgan fingerprint density at radius 3 is 2.20 bits per heavy atom. The molecular formula is C26H18I2N2O5. The van der Waals surface area contributed by atoms with Crippen LogP contribution in [0.2, 0.25) is 0 Å². The summed E-state index contributed by atoms with van der Waals surface area (Å²) in [6.45, 7) is 0.296. The molecule has 0 unspecified atom stereocenters. The number of nitrogens with one attached hydrogen (secondary N) is 1. The normalized spacial score (nSPS) is 11.0. The molecular weight excluding hydrogens is 674 g/mol. The molecule has 9 heteroatoms. The maximum absolute atomic E-state index is 12.5. The van der Waals surface area contributed by atoms with E-state index in [9.17, 15) is 14.7 Å². The molecule has 0 aromatic heterocycles. The van der Waals surface area contributed by atoms with Gasteiger partial charge >= 0.3 is 5.97 Å². The number of carboxylic acids is 1. The summed E-state index contributed by atoms with van der Waals surface area (Å²) in [6, 6.07) is 20.9. The van der Waals surface area contributed by atoms with Crippen LogP contribution < -0.4 is 10.2 Å². The summed E-state index contributed by atoms with van der Waals surface area (Å²) in [5, 5.41) is 24.9. The van der Waals surface area contributed by atoms with E-state index in [0.717, 1.165) is 29.0 Å². The lowest BCUT2D eigenvalue weighted by Crippen LogP contribution is -2.17. The molecule has 0 aliphatic rings. The molecule has 4 aromatic carbocycles. The third kappa shape index (κ3) is 6.09. The van der Waals surface area contributed by atoms with Gasteiger partial charge in [-0.05, 0) is 103 Å². The smallest absolute Gasteiger partial charge is 0.335 e. The van der Waals surface area contributed by atoms with Gasteiger partial charge in [0.2, 0.25) is 0 Å². The predicted octanol–water partition coefficient (Wildman–Crippen LogP) is 5.80. The first-order valence-electron chi connectivity index (χ1n) is 10.3. The van der Waals surface area contributed by atoms with Crippen molar-refractivity contribution >= 4 is 74.0 Å². The maximum Gasteiger partial charge on any atom is 0.335 e. The number of nitrogens with zero attached hydrogens (tertiary/aromatic N) is 1. The summed E-state index contributed by atoms with van der Waals surface area (Å²) >= 11 is 4.33. The van der Waals surface area contributed by atoms with E-state index in [4.69, 9.17) is 9.84 Å². The van der Waals surface area contributed by atoms with Crippen molar-refractivity contribution in [3.63, 3.8) is 0 Å². The Morgan fingerprint density at radius 2 is 1.57 bits per heavy atom. The van der Waals surface area contributed by atoms with Crippen molar-refractivity contribution in [2.45, 2.75) is 6.61 Å².